The average Bonchev–Trinajstić information content (AvgIpc) is 2.81. The highest BCUT2D eigenvalue weighted by Crippen LogP contribution is 2.32. The van der Waals surface area contributed by atoms with Crippen LogP contribution in [0.1, 0.15) is 23.2 Å². The van der Waals surface area contributed by atoms with Gasteiger partial charge in [0.1, 0.15) is 11.6 Å². The molecule has 4 rings (SSSR count). The Kier molecular flexibility index (Phi) is 6.77. The maximum absolute atomic E-state index is 12.5. The van der Waals surface area contributed by atoms with E-state index in [0.717, 1.165) is 25.9 Å². The zero-order chi connectivity index (χ0) is 23.2. The lowest BCUT2D eigenvalue weighted by atomic mass is 10.1. The van der Waals surface area contributed by atoms with Crippen molar-refractivity contribution >= 4 is 34.8 Å². The molecule has 0 atom stereocenters. The van der Waals surface area contributed by atoms with Crippen LogP contribution in [0.15, 0.2) is 35.4 Å². The second-order valence-electron chi connectivity index (χ2n) is 7.85. The number of phenolic OH excluding ortho intramolecular Hbond substituents is 1. The molecule has 0 spiro atoms. The van der Waals surface area contributed by atoms with E-state index in [1.54, 1.807) is 29.2 Å². The van der Waals surface area contributed by atoms with Crippen LogP contribution in [0.2, 0.25) is 0 Å². The summed E-state index contributed by atoms with van der Waals surface area (Å²) in [6.07, 6.45) is 1.75. The van der Waals surface area contributed by atoms with Gasteiger partial charge in [0.15, 0.2) is 5.82 Å². The fourth-order valence-corrected chi connectivity index (χ4v) is 3.84. The first kappa shape index (κ1) is 22.2. The molecule has 1 fully saturated rings. The van der Waals surface area contributed by atoms with Crippen molar-refractivity contribution in [2.75, 3.05) is 48.3 Å². The van der Waals surface area contributed by atoms with Gasteiger partial charge >= 0.3 is 0 Å². The van der Waals surface area contributed by atoms with E-state index in [0.29, 0.717) is 35.1 Å². The van der Waals surface area contributed by atoms with Crippen LogP contribution < -0.4 is 26.2 Å². The highest BCUT2D eigenvalue weighted by atomic mass is 16.3. The van der Waals surface area contributed by atoms with Crippen LogP contribution in [0, 0.1) is 0 Å². The third-order valence-electron chi connectivity index (χ3n) is 5.51. The molecule has 0 aliphatic carbocycles. The first-order chi connectivity index (χ1) is 16.0. The minimum absolute atomic E-state index is 0.0824. The molecule has 2 aliphatic heterocycles. The van der Waals surface area contributed by atoms with Gasteiger partial charge in [-0.15, -0.1) is 0 Å². The van der Waals surface area contributed by atoms with Crippen molar-refractivity contribution in [3.05, 3.63) is 46.3 Å². The van der Waals surface area contributed by atoms with E-state index in [2.05, 4.69) is 36.3 Å². The Hall–Kier alpha value is -4.02. The third-order valence-corrected chi connectivity index (χ3v) is 5.51. The van der Waals surface area contributed by atoms with Crippen LogP contribution in [-0.2, 0) is 4.79 Å². The second kappa shape index (κ2) is 10.1. The van der Waals surface area contributed by atoms with Gasteiger partial charge in [-0.25, -0.2) is 4.98 Å². The molecule has 2 aliphatic rings. The molecular formula is C21H25N9O3. The maximum atomic E-state index is 12.5. The molecule has 1 aromatic heterocycles. The summed E-state index contributed by atoms with van der Waals surface area (Å²) in [7, 11) is 0. The number of anilines is 4. The molecule has 0 unspecified atom stereocenters. The maximum Gasteiger partial charge on any atom is 0.251 e. The van der Waals surface area contributed by atoms with Crippen molar-refractivity contribution in [1.29, 1.82) is 0 Å². The number of benzene rings is 1. The second-order valence-corrected chi connectivity index (χ2v) is 7.85. The Morgan fingerprint density at radius 1 is 1.30 bits per heavy atom. The quantitative estimate of drug-likeness (QED) is 0.186. The highest BCUT2D eigenvalue weighted by Gasteiger charge is 2.23. The number of rotatable bonds is 7. The van der Waals surface area contributed by atoms with Crippen LogP contribution in [0.5, 0.6) is 5.75 Å². The van der Waals surface area contributed by atoms with Crippen molar-refractivity contribution in [1.82, 2.24) is 15.6 Å². The number of fused-ring (bicyclic) bond motifs is 1. The molecule has 0 saturated carbocycles. The van der Waals surface area contributed by atoms with Gasteiger partial charge in [0, 0.05) is 29.6 Å². The van der Waals surface area contributed by atoms with E-state index >= 15 is 0 Å². The SMILES string of the molecule is [N-]=[N+]=NCCN1CC(=O)Nc2ccc(Nc3ccc(C(=O)NC4CCNCC4)cc3O)nc21. The number of aromatic hydroxyl groups is 1. The number of hydrogen-bond acceptors (Lipinski definition) is 8. The van der Waals surface area contributed by atoms with Gasteiger partial charge in [-0.3, -0.25) is 9.59 Å². The van der Waals surface area contributed by atoms with Crippen LogP contribution in [0.3, 0.4) is 0 Å². The van der Waals surface area contributed by atoms with Gasteiger partial charge in [0.25, 0.3) is 5.91 Å². The lowest BCUT2D eigenvalue weighted by Crippen LogP contribution is -2.42. The standard InChI is InChI=1S/C21H25N9O3/c22-29-24-9-10-30-12-19(32)27-16-3-4-18(28-20(16)30)26-15-2-1-13(11-17(15)31)21(33)25-14-5-7-23-8-6-14/h1-4,11,14,23,31H,5-10,12H2,(H,25,33)(H,26,28)(H,27,32). The van der Waals surface area contributed by atoms with Gasteiger partial charge in [-0.05, 0) is 61.8 Å². The van der Waals surface area contributed by atoms with Crippen LogP contribution in [0.25, 0.3) is 10.4 Å². The molecule has 33 heavy (non-hydrogen) atoms. The number of nitrogens with one attached hydrogen (secondary N) is 4. The molecule has 0 radical (unpaired) electrons. The minimum Gasteiger partial charge on any atom is -0.506 e. The Bertz CT molecular complexity index is 1090. The molecular weight excluding hydrogens is 426 g/mol. The number of hydrogen-bond donors (Lipinski definition) is 5. The molecule has 2 amide bonds. The molecule has 1 aromatic carbocycles. The Morgan fingerprint density at radius 3 is 2.88 bits per heavy atom. The monoisotopic (exact) mass is 451 g/mol. The number of carbonyl (C=O) groups is 2. The molecule has 0 bridgehead atoms. The lowest BCUT2D eigenvalue weighted by molar-refractivity contribution is -0.115. The predicted molar refractivity (Wildman–Crippen MR) is 124 cm³/mol. The van der Waals surface area contributed by atoms with E-state index in [1.807, 2.05) is 0 Å². The van der Waals surface area contributed by atoms with Gasteiger partial charge in [-0.1, -0.05) is 5.11 Å². The van der Waals surface area contributed by atoms with Crippen LogP contribution >= 0.6 is 0 Å². The van der Waals surface area contributed by atoms with Crippen molar-refractivity contribution in [2.45, 2.75) is 18.9 Å². The zero-order valence-electron chi connectivity index (χ0n) is 17.9. The minimum atomic E-state index is -0.220. The first-order valence-corrected chi connectivity index (χ1v) is 10.7. The Morgan fingerprint density at radius 2 is 2.12 bits per heavy atom. The topological polar surface area (TPSA) is 167 Å². The van der Waals surface area contributed by atoms with Crippen molar-refractivity contribution in [2.24, 2.45) is 5.11 Å². The molecule has 12 nitrogen and oxygen atoms in total. The Balaban J connectivity index is 1.47. The lowest BCUT2D eigenvalue weighted by Gasteiger charge is -2.29. The summed E-state index contributed by atoms with van der Waals surface area (Å²) in [5.74, 6) is 0.496. The van der Waals surface area contributed by atoms with Gasteiger partial charge in [-0.2, -0.15) is 0 Å². The smallest absolute Gasteiger partial charge is 0.251 e. The van der Waals surface area contributed by atoms with E-state index in [1.165, 1.54) is 6.07 Å². The molecule has 2 aromatic rings. The van der Waals surface area contributed by atoms with E-state index in [4.69, 9.17) is 5.53 Å². The van der Waals surface area contributed by atoms with Gasteiger partial charge in [0.2, 0.25) is 5.91 Å². The summed E-state index contributed by atoms with van der Waals surface area (Å²) in [5, 5.41) is 26.1. The van der Waals surface area contributed by atoms with Crippen LogP contribution in [-0.4, -0.2) is 60.7 Å². The fourth-order valence-electron chi connectivity index (χ4n) is 3.84. The Labute approximate surface area is 190 Å². The normalized spacial score (nSPS) is 15.8. The highest BCUT2D eigenvalue weighted by molar-refractivity contribution is 6.00. The molecule has 12 heteroatoms. The molecule has 1 saturated heterocycles. The number of amides is 2. The third kappa shape index (κ3) is 5.43. The number of phenols is 1. The number of carbonyl (C=O) groups excluding carboxylic acids is 2. The number of aromatic nitrogens is 1. The van der Waals surface area contributed by atoms with E-state index < -0.39 is 0 Å². The van der Waals surface area contributed by atoms with Crippen molar-refractivity contribution in [3.8, 4) is 5.75 Å². The number of piperidine rings is 1. The molecule has 3 heterocycles. The molecule has 172 valence electrons. The van der Waals surface area contributed by atoms with Crippen LogP contribution in [0.4, 0.5) is 23.0 Å². The number of nitrogens with zero attached hydrogens (tertiary/aromatic N) is 5. The summed E-state index contributed by atoms with van der Waals surface area (Å²) in [6, 6.07) is 8.19. The van der Waals surface area contributed by atoms with Gasteiger partial charge < -0.3 is 31.3 Å². The van der Waals surface area contributed by atoms with E-state index in [9.17, 15) is 14.7 Å². The van der Waals surface area contributed by atoms with Crippen molar-refractivity contribution < 1.29 is 14.7 Å². The predicted octanol–water partition coefficient (Wildman–Crippen LogP) is 2.08. The summed E-state index contributed by atoms with van der Waals surface area (Å²) in [5.41, 5.74) is 9.81. The summed E-state index contributed by atoms with van der Waals surface area (Å²) >= 11 is 0. The van der Waals surface area contributed by atoms with E-state index in [-0.39, 0.29) is 36.7 Å². The average molecular weight is 451 g/mol. The molecule has 5 N–H and O–H groups in total. The zero-order valence-corrected chi connectivity index (χ0v) is 17.9. The first-order valence-electron chi connectivity index (χ1n) is 10.7. The largest absolute Gasteiger partial charge is 0.506 e. The number of azide groups is 1. The fraction of sp³-hybridized carbons (Fsp3) is 0.381. The summed E-state index contributed by atoms with van der Waals surface area (Å²) < 4.78 is 0. The summed E-state index contributed by atoms with van der Waals surface area (Å²) in [4.78, 5) is 33.5. The van der Waals surface area contributed by atoms with Gasteiger partial charge in [0.05, 0.1) is 17.9 Å². The summed E-state index contributed by atoms with van der Waals surface area (Å²) in [6.45, 7) is 2.38. The van der Waals surface area contributed by atoms with Crippen molar-refractivity contribution in [3.63, 3.8) is 0 Å². The number of pyridine rings is 1.